The minimum absolute atomic E-state index is 0.109. The number of nitrogens with zero attached hydrogens (tertiary/aromatic N) is 4. The highest BCUT2D eigenvalue weighted by Gasteiger charge is 2.17. The van der Waals surface area contributed by atoms with E-state index in [9.17, 15) is 0 Å². The summed E-state index contributed by atoms with van der Waals surface area (Å²) in [7, 11) is 0. The lowest BCUT2D eigenvalue weighted by Gasteiger charge is -2.14. The van der Waals surface area contributed by atoms with Crippen LogP contribution < -0.4 is 0 Å². The van der Waals surface area contributed by atoms with Crippen molar-refractivity contribution in [2.75, 3.05) is 0 Å². The maximum absolute atomic E-state index is 4.63. The quantitative estimate of drug-likeness (QED) is 0.818. The second kappa shape index (κ2) is 4.86. The summed E-state index contributed by atoms with van der Waals surface area (Å²) in [4.78, 5) is 4.63. The average Bonchev–Trinajstić information content (AvgIpc) is 2.86. The highest BCUT2D eigenvalue weighted by molar-refractivity contribution is 9.08. The van der Waals surface area contributed by atoms with Gasteiger partial charge in [0.2, 0.25) is 0 Å². The Morgan fingerprint density at radius 2 is 2.18 bits per heavy atom. The fourth-order valence-corrected chi connectivity index (χ4v) is 2.61. The number of hydrogen-bond donors (Lipinski definition) is 0. The molecule has 0 N–H and O–H groups in total. The highest BCUT2D eigenvalue weighted by Crippen LogP contribution is 2.24. The van der Waals surface area contributed by atoms with Gasteiger partial charge in [-0.2, -0.15) is 0 Å². The highest BCUT2D eigenvalue weighted by atomic mass is 79.9. The van der Waals surface area contributed by atoms with Gasteiger partial charge in [-0.1, -0.05) is 41.9 Å². The molecule has 0 saturated heterocycles. The van der Waals surface area contributed by atoms with E-state index in [0.717, 1.165) is 21.7 Å². The van der Waals surface area contributed by atoms with Crippen molar-refractivity contribution in [1.82, 2.24) is 20.0 Å². The van der Waals surface area contributed by atoms with Gasteiger partial charge in [0.05, 0.1) is 17.9 Å². The summed E-state index contributed by atoms with van der Waals surface area (Å²) in [5.74, 6) is 0. The molecule has 0 aliphatic heterocycles. The Hall–Kier alpha value is -0.750. The third-order valence-electron chi connectivity index (χ3n) is 2.34. The maximum atomic E-state index is 4.63. The van der Waals surface area contributed by atoms with Gasteiger partial charge in [-0.25, -0.2) is 9.67 Å². The monoisotopic (exact) mass is 314 g/mol. The molecule has 0 unspecified atom stereocenters. The largest absolute Gasteiger partial charge is 0.245 e. The Morgan fingerprint density at radius 1 is 1.41 bits per heavy atom. The molecule has 4 nitrogen and oxygen atoms in total. The summed E-state index contributed by atoms with van der Waals surface area (Å²) in [6.45, 7) is 7.21. The lowest BCUT2D eigenvalue weighted by molar-refractivity contribution is 0.566. The third kappa shape index (κ3) is 3.13. The van der Waals surface area contributed by atoms with Gasteiger partial charge in [0.1, 0.15) is 5.01 Å². The fraction of sp³-hybridized carbons (Fsp3) is 0.545. The predicted molar refractivity (Wildman–Crippen MR) is 72.6 cm³/mol. The SMILES string of the molecule is CC(C)(C)c1csc(Cn2cc(CBr)nn2)n1. The van der Waals surface area contributed by atoms with Gasteiger partial charge in [0.25, 0.3) is 0 Å². The maximum Gasteiger partial charge on any atom is 0.114 e. The first-order valence-electron chi connectivity index (χ1n) is 5.39. The summed E-state index contributed by atoms with van der Waals surface area (Å²) in [6, 6.07) is 0. The van der Waals surface area contributed by atoms with E-state index in [0.29, 0.717) is 6.54 Å². The zero-order valence-electron chi connectivity index (χ0n) is 10.1. The van der Waals surface area contributed by atoms with Crippen molar-refractivity contribution >= 4 is 27.3 Å². The molecule has 0 atom stereocenters. The number of hydrogen-bond acceptors (Lipinski definition) is 4. The third-order valence-corrected chi connectivity index (χ3v) is 3.75. The van der Waals surface area contributed by atoms with Crippen molar-refractivity contribution in [3.63, 3.8) is 0 Å². The Labute approximate surface area is 113 Å². The van der Waals surface area contributed by atoms with E-state index in [1.54, 1.807) is 11.3 Å². The molecule has 0 fully saturated rings. The number of alkyl halides is 1. The average molecular weight is 315 g/mol. The van der Waals surface area contributed by atoms with Gasteiger partial charge in [-0.05, 0) is 0 Å². The molecule has 0 aliphatic carbocycles. The van der Waals surface area contributed by atoms with E-state index in [-0.39, 0.29) is 5.41 Å². The van der Waals surface area contributed by atoms with Crippen LogP contribution in [0.3, 0.4) is 0 Å². The van der Waals surface area contributed by atoms with E-state index in [4.69, 9.17) is 0 Å². The molecule has 6 heteroatoms. The molecule has 2 aromatic rings. The molecule has 0 spiro atoms. The normalized spacial score (nSPS) is 12.0. The van der Waals surface area contributed by atoms with Crippen molar-refractivity contribution in [2.45, 2.75) is 38.1 Å². The van der Waals surface area contributed by atoms with Gasteiger partial charge in [0, 0.05) is 22.3 Å². The smallest absolute Gasteiger partial charge is 0.114 e. The van der Waals surface area contributed by atoms with Gasteiger partial charge in [0.15, 0.2) is 0 Å². The number of rotatable bonds is 3. The van der Waals surface area contributed by atoms with Crippen molar-refractivity contribution in [2.24, 2.45) is 0 Å². The molecule has 0 saturated carbocycles. The molecule has 0 amide bonds. The van der Waals surface area contributed by atoms with E-state index in [1.165, 1.54) is 0 Å². The lowest BCUT2D eigenvalue weighted by atomic mass is 9.93. The van der Waals surface area contributed by atoms with E-state index < -0.39 is 0 Å². The molecule has 0 aromatic carbocycles. The molecular formula is C11H15BrN4S. The number of thiazole rings is 1. The molecule has 2 heterocycles. The summed E-state index contributed by atoms with van der Waals surface area (Å²) in [5, 5.41) is 12.0. The summed E-state index contributed by atoms with van der Waals surface area (Å²) < 4.78 is 1.82. The van der Waals surface area contributed by atoms with Crippen LogP contribution in [0.15, 0.2) is 11.6 Å². The molecule has 0 radical (unpaired) electrons. The summed E-state index contributed by atoms with van der Waals surface area (Å²) >= 11 is 5.03. The molecule has 0 bridgehead atoms. The minimum atomic E-state index is 0.109. The summed E-state index contributed by atoms with van der Waals surface area (Å²) in [5.41, 5.74) is 2.19. The molecular weight excluding hydrogens is 300 g/mol. The van der Waals surface area contributed by atoms with Gasteiger partial charge in [-0.3, -0.25) is 0 Å². The second-order valence-electron chi connectivity index (χ2n) is 4.92. The van der Waals surface area contributed by atoms with Crippen LogP contribution in [-0.2, 0) is 17.3 Å². The molecule has 2 aromatic heterocycles. The zero-order chi connectivity index (χ0) is 12.5. The lowest BCUT2D eigenvalue weighted by Crippen LogP contribution is -2.12. The first-order valence-corrected chi connectivity index (χ1v) is 7.39. The van der Waals surface area contributed by atoms with Crippen molar-refractivity contribution in [3.05, 3.63) is 28.0 Å². The fourth-order valence-electron chi connectivity index (χ4n) is 1.34. The standard InChI is InChI=1S/C11H15BrN4S/c1-11(2,3)9-7-17-10(13-9)6-16-5-8(4-12)14-15-16/h5,7H,4,6H2,1-3H3. The van der Waals surface area contributed by atoms with Crippen molar-refractivity contribution < 1.29 is 0 Å². The van der Waals surface area contributed by atoms with Gasteiger partial charge in [-0.15, -0.1) is 16.4 Å². The van der Waals surface area contributed by atoms with Crippen LogP contribution in [-0.4, -0.2) is 20.0 Å². The second-order valence-corrected chi connectivity index (χ2v) is 6.42. The Kier molecular flexibility index (Phi) is 3.63. The topological polar surface area (TPSA) is 43.6 Å². The van der Waals surface area contributed by atoms with Crippen LogP contribution >= 0.6 is 27.3 Å². The van der Waals surface area contributed by atoms with Crippen LogP contribution in [0.1, 0.15) is 37.2 Å². The van der Waals surface area contributed by atoms with Crippen LogP contribution in [0.25, 0.3) is 0 Å². The Morgan fingerprint density at radius 3 is 2.71 bits per heavy atom. The molecule has 0 aliphatic rings. The van der Waals surface area contributed by atoms with Crippen LogP contribution in [0.2, 0.25) is 0 Å². The number of halogens is 1. The summed E-state index contributed by atoms with van der Waals surface area (Å²) in [6.07, 6.45) is 1.94. The van der Waals surface area contributed by atoms with Crippen LogP contribution in [0, 0.1) is 0 Å². The molecule has 92 valence electrons. The van der Waals surface area contributed by atoms with Crippen molar-refractivity contribution in [1.29, 1.82) is 0 Å². The van der Waals surface area contributed by atoms with E-state index >= 15 is 0 Å². The first kappa shape index (κ1) is 12.7. The van der Waals surface area contributed by atoms with Crippen molar-refractivity contribution in [3.8, 4) is 0 Å². The van der Waals surface area contributed by atoms with E-state index in [1.807, 2.05) is 10.9 Å². The predicted octanol–water partition coefficient (Wildman–Crippen LogP) is 2.98. The van der Waals surface area contributed by atoms with Crippen LogP contribution in [0.4, 0.5) is 0 Å². The van der Waals surface area contributed by atoms with E-state index in [2.05, 4.69) is 57.4 Å². The molecule has 2 rings (SSSR count). The minimum Gasteiger partial charge on any atom is -0.245 e. The Bertz CT molecular complexity index is 498. The van der Waals surface area contributed by atoms with Gasteiger partial charge >= 0.3 is 0 Å². The molecule has 17 heavy (non-hydrogen) atoms. The zero-order valence-corrected chi connectivity index (χ0v) is 12.5. The first-order chi connectivity index (χ1) is 7.99. The van der Waals surface area contributed by atoms with Gasteiger partial charge < -0.3 is 0 Å². The Balaban J connectivity index is 2.11. The van der Waals surface area contributed by atoms with Crippen LogP contribution in [0.5, 0.6) is 0 Å². The number of aromatic nitrogens is 4.